The number of hydrogen-bond donors (Lipinski definition) is 11. The van der Waals surface area contributed by atoms with Crippen LogP contribution in [-0.4, -0.2) is 208 Å². The van der Waals surface area contributed by atoms with Gasteiger partial charge in [-0.2, -0.15) is 0 Å². The first-order valence-corrected chi connectivity index (χ1v) is 39.8. The lowest BCUT2D eigenvalue weighted by atomic mass is 9.78. The Hall–Kier alpha value is -3.66. The summed E-state index contributed by atoms with van der Waals surface area (Å²) in [7, 11) is 2.31. The summed E-state index contributed by atoms with van der Waals surface area (Å²) in [6.45, 7) is 68.8. The fourth-order valence-corrected chi connectivity index (χ4v) is 21.7. The number of carbonyl (C=O) groups is 4. The molecule has 0 unspecified atom stereocenters. The predicted molar refractivity (Wildman–Crippen MR) is 425 cm³/mol. The monoisotopic (exact) mass is 1430 g/mol. The molecule has 588 valence electrons. The smallest absolute Gasteiger partial charge is 0.315 e. The molecule has 1 aromatic carbocycles. The van der Waals surface area contributed by atoms with Crippen molar-refractivity contribution in [2.24, 2.45) is 0 Å². The highest BCUT2D eigenvalue weighted by Crippen LogP contribution is 2.39. The molecule has 19 nitrogen and oxygen atoms in total. The second-order valence-electron chi connectivity index (χ2n) is 42.6. The molecule has 0 radical (unpaired) electrons. The third-order valence-electron chi connectivity index (χ3n) is 22.5. The van der Waals surface area contributed by atoms with Gasteiger partial charge in [0, 0.05) is 146 Å². The summed E-state index contributed by atoms with van der Waals surface area (Å²) in [5, 5.41) is 45.6. The molecule has 102 heavy (non-hydrogen) atoms. The number of hydrogen-bond acceptors (Lipinski definition) is 14. The Balaban J connectivity index is 0.000000300. The van der Waals surface area contributed by atoms with Crippen molar-refractivity contribution in [3.63, 3.8) is 0 Å². The van der Waals surface area contributed by atoms with Crippen LogP contribution in [0.3, 0.4) is 0 Å². The zero-order valence-corrected chi connectivity index (χ0v) is 70.8. The summed E-state index contributed by atoms with van der Waals surface area (Å²) in [5.41, 5.74) is 0.348. The zero-order valence-electron chi connectivity index (χ0n) is 70.8. The van der Waals surface area contributed by atoms with Crippen molar-refractivity contribution in [2.75, 3.05) is 39.8 Å². The van der Waals surface area contributed by atoms with Crippen molar-refractivity contribution in [2.45, 2.75) is 430 Å². The average Bonchev–Trinajstić information content (AvgIpc) is 0.802. The molecular weight excluding hydrogens is 1270 g/mol. The molecule has 19 heteroatoms. The molecule has 7 aliphatic heterocycles. The second kappa shape index (κ2) is 32.3. The largest absolute Gasteiger partial charge is 0.507 e. The van der Waals surface area contributed by atoms with Crippen LogP contribution < -0.4 is 53.2 Å². The molecule has 0 atom stereocenters. The molecule has 7 fully saturated rings. The number of amides is 5. The van der Waals surface area contributed by atoms with Crippen molar-refractivity contribution in [3.8, 4) is 5.75 Å². The molecule has 0 saturated carbocycles. The molecule has 7 saturated heterocycles. The molecule has 5 amide bonds. The number of nitrogens with zero attached hydrogens (tertiary/aromatic N) is 4. The van der Waals surface area contributed by atoms with Gasteiger partial charge in [0.25, 0.3) is 5.91 Å². The number of rotatable bonds is 19. The van der Waals surface area contributed by atoms with Crippen molar-refractivity contribution >= 4 is 23.8 Å². The highest BCUT2D eigenvalue weighted by molar-refractivity contribution is 5.97. The van der Waals surface area contributed by atoms with E-state index in [0.717, 1.165) is 116 Å². The number of piperidine rings is 7. The Bertz CT molecular complexity index is 2810. The Labute approximate surface area is 622 Å². The first-order chi connectivity index (χ1) is 46.1. The summed E-state index contributed by atoms with van der Waals surface area (Å²) >= 11 is 0. The quantitative estimate of drug-likeness (QED) is 0.0621. The lowest BCUT2D eigenvalue weighted by Gasteiger charge is -2.51. The molecule has 0 spiro atoms. The van der Waals surface area contributed by atoms with E-state index in [0.29, 0.717) is 43.7 Å². The maximum atomic E-state index is 15.2. The predicted octanol–water partition coefficient (Wildman–Crippen LogP) is 12.6. The lowest BCUT2D eigenvalue weighted by Crippen LogP contribution is -2.65. The van der Waals surface area contributed by atoms with Gasteiger partial charge in [0.1, 0.15) is 5.75 Å². The van der Waals surface area contributed by atoms with E-state index < -0.39 is 0 Å². The van der Waals surface area contributed by atoms with Gasteiger partial charge in [0.05, 0.1) is 12.1 Å². The van der Waals surface area contributed by atoms with E-state index >= 15 is 4.79 Å². The van der Waals surface area contributed by atoms with Crippen LogP contribution in [0.25, 0.3) is 0 Å². The Morgan fingerprint density at radius 3 is 0.971 bits per heavy atom. The molecule has 1 aromatic rings. The fraction of sp³-hybridized carbons (Fsp3) is 0.880. The number of carbonyl (C=O) groups excluding carboxylic acids is 4. The maximum Gasteiger partial charge on any atom is 0.315 e. The van der Waals surface area contributed by atoms with E-state index in [1.807, 2.05) is 6.92 Å². The molecule has 7 aliphatic rings. The van der Waals surface area contributed by atoms with Crippen LogP contribution in [-0.2, 0) is 9.59 Å². The SMILES string of the molecule is CC1(C)CC(NC(=O)NC2CC(C)(C)NC(C)(C)C2)CC(C)(C)N1.CC1(C)CC(NC(=O)c2ccccc2O)CC(C)(C)N1.CCC(=O)N(CCCN(C(=O)CN(CCCN(C)C1CC(C)(C)NC(C)(C)C1)C1CC(C)(C)NC(C)(C)C1)C1CC(C)(C)NC(C)(C)C1)C1CC(C)(C)NC(C)(C)C1. The highest BCUT2D eigenvalue weighted by atomic mass is 16.3. The van der Waals surface area contributed by atoms with Crippen LogP contribution in [0.2, 0.25) is 0 Å². The van der Waals surface area contributed by atoms with Crippen LogP contribution in [0.15, 0.2) is 24.3 Å². The maximum absolute atomic E-state index is 15.2. The number of urea groups is 1. The first kappa shape index (κ1) is 87.3. The summed E-state index contributed by atoms with van der Waals surface area (Å²) in [6, 6.07) is 8.29. The van der Waals surface area contributed by atoms with Crippen LogP contribution in [0.4, 0.5) is 4.79 Å². The van der Waals surface area contributed by atoms with E-state index in [2.05, 4.69) is 274 Å². The molecule has 11 N–H and O–H groups in total. The third-order valence-corrected chi connectivity index (χ3v) is 22.5. The van der Waals surface area contributed by atoms with Gasteiger partial charge in [-0.25, -0.2) is 4.79 Å². The number of nitrogens with one attached hydrogen (secondary N) is 10. The minimum atomic E-state index is -0.207. The number of phenolic OH excluding ortho intramolecular Hbond substituents is 1. The Morgan fingerprint density at radius 2 is 0.647 bits per heavy atom. The first-order valence-electron chi connectivity index (χ1n) is 39.8. The van der Waals surface area contributed by atoms with Gasteiger partial charge >= 0.3 is 6.03 Å². The average molecular weight is 1430 g/mol. The lowest BCUT2D eigenvalue weighted by molar-refractivity contribution is -0.138. The van der Waals surface area contributed by atoms with Gasteiger partial charge in [0.15, 0.2) is 0 Å². The minimum Gasteiger partial charge on any atom is -0.507 e. The molecule has 0 aromatic heterocycles. The van der Waals surface area contributed by atoms with Crippen molar-refractivity contribution in [1.82, 2.24) is 72.8 Å². The standard InChI is InChI=1S/C48H94N8O2.C19H38N4O.C16H24N2O2/c1-19-39(57)55(37-30-45(10,11)51-46(12,13)31-37)24-21-25-56(38-32-47(14,15)52-48(16,17)33-38)40(58)34-54(36-28-43(6,7)50-44(8,9)29-36)23-20-22-53(18)35-26-41(2,3)49-42(4,5)27-35;1-16(2)9-13(10-17(3,4)22-16)20-15(24)21-14-11-18(5,6)23-19(7,8)12-14;1-15(2)9-11(10-16(3,4)18-15)17-14(20)12-7-5-6-8-13(12)19/h35-38,49-52H,19-34H2,1-18H3;13-14,22-23H,9-12H2,1-8H3,(H2,20,21,24);5-8,11,18-19H,9-10H2,1-4H3,(H,17,20). The number of benzene rings is 1. The molecule has 7 heterocycles. The minimum absolute atomic E-state index is 0.0154. The number of phenols is 1. The van der Waals surface area contributed by atoms with E-state index in [9.17, 15) is 19.5 Å². The number of para-hydroxylation sites is 1. The van der Waals surface area contributed by atoms with Crippen LogP contribution in [0.5, 0.6) is 5.75 Å². The third kappa shape index (κ3) is 27.8. The van der Waals surface area contributed by atoms with E-state index in [1.54, 1.807) is 18.2 Å². The zero-order chi connectivity index (χ0) is 77.3. The van der Waals surface area contributed by atoms with E-state index in [1.165, 1.54) is 6.07 Å². The van der Waals surface area contributed by atoms with Crippen LogP contribution in [0, 0.1) is 0 Å². The van der Waals surface area contributed by atoms with Crippen molar-refractivity contribution < 1.29 is 24.3 Å². The molecule has 8 rings (SSSR count). The van der Waals surface area contributed by atoms with Gasteiger partial charge < -0.3 is 73.0 Å². The molecular formula is C83H156N14O5. The summed E-state index contributed by atoms with van der Waals surface area (Å²) in [4.78, 5) is 63.3. The summed E-state index contributed by atoms with van der Waals surface area (Å²) in [5.74, 6) is 0.295. The van der Waals surface area contributed by atoms with E-state index in [4.69, 9.17) is 0 Å². The number of aromatic hydroxyl groups is 1. The summed E-state index contributed by atoms with van der Waals surface area (Å²) in [6.07, 6.45) is 15.9. The fourth-order valence-electron chi connectivity index (χ4n) is 21.7. The van der Waals surface area contributed by atoms with Crippen molar-refractivity contribution in [1.29, 1.82) is 0 Å². The van der Waals surface area contributed by atoms with Gasteiger partial charge in [-0.05, 0) is 322 Å². The van der Waals surface area contributed by atoms with Crippen molar-refractivity contribution in [3.05, 3.63) is 29.8 Å². The summed E-state index contributed by atoms with van der Waals surface area (Å²) < 4.78 is 0. The topological polar surface area (TPSA) is 222 Å². The van der Waals surface area contributed by atoms with Gasteiger partial charge in [0.2, 0.25) is 11.8 Å². The normalized spacial score (nSPS) is 26.2. The molecule has 0 aliphatic carbocycles. The van der Waals surface area contributed by atoms with Gasteiger partial charge in [-0.3, -0.25) is 19.3 Å². The molecule has 0 bridgehead atoms. The van der Waals surface area contributed by atoms with Gasteiger partial charge in [-0.15, -0.1) is 0 Å². The van der Waals surface area contributed by atoms with E-state index in [-0.39, 0.29) is 137 Å². The second-order valence-corrected chi connectivity index (χ2v) is 42.6. The Morgan fingerprint density at radius 1 is 0.373 bits per heavy atom. The van der Waals surface area contributed by atoms with Crippen LogP contribution >= 0.6 is 0 Å². The Kier molecular flexibility index (Phi) is 27.6. The van der Waals surface area contributed by atoms with Gasteiger partial charge in [-0.1, -0.05) is 19.1 Å². The highest BCUT2D eigenvalue weighted by Gasteiger charge is 2.48. The van der Waals surface area contributed by atoms with Crippen LogP contribution in [0.1, 0.15) is 320 Å².